The van der Waals surface area contributed by atoms with Crippen molar-refractivity contribution in [3.05, 3.63) is 63.9 Å². The molecule has 1 aromatic heterocycles. The van der Waals surface area contributed by atoms with Crippen molar-refractivity contribution >= 4 is 34.8 Å². The van der Waals surface area contributed by atoms with Gasteiger partial charge >= 0.3 is 0 Å². The number of aromatic nitrogens is 3. The molecular formula is C22H22Cl2N4O. The molecular weight excluding hydrogens is 407 g/mol. The highest BCUT2D eigenvalue weighted by Crippen LogP contribution is 2.31. The average Bonchev–Trinajstić information content (AvgIpc) is 2.96. The van der Waals surface area contributed by atoms with Crippen molar-refractivity contribution in [2.45, 2.75) is 45.1 Å². The van der Waals surface area contributed by atoms with Crippen LogP contribution in [0.25, 0.3) is 11.4 Å². The Hall–Kier alpha value is -2.37. The highest BCUT2D eigenvalue weighted by atomic mass is 35.5. The molecule has 1 aliphatic heterocycles. The summed E-state index contributed by atoms with van der Waals surface area (Å²) in [5.41, 5.74) is 2.45. The van der Waals surface area contributed by atoms with E-state index < -0.39 is 0 Å². The lowest BCUT2D eigenvalue weighted by atomic mass is 10.1. The topological polar surface area (TPSA) is 59.8 Å². The van der Waals surface area contributed by atoms with Gasteiger partial charge in [-0.2, -0.15) is 0 Å². The predicted octanol–water partition coefficient (Wildman–Crippen LogP) is 5.55. The van der Waals surface area contributed by atoms with Crippen LogP contribution in [-0.2, 0) is 24.2 Å². The van der Waals surface area contributed by atoms with Gasteiger partial charge in [-0.05, 0) is 49.1 Å². The number of anilines is 1. The molecule has 2 aromatic carbocycles. The van der Waals surface area contributed by atoms with Crippen LogP contribution in [-0.4, -0.2) is 20.7 Å². The number of hydrogen-bond acceptors (Lipinski definition) is 3. The lowest BCUT2D eigenvalue weighted by Crippen LogP contribution is -2.12. The lowest BCUT2D eigenvalue weighted by molar-refractivity contribution is -0.116. The third-order valence-corrected chi connectivity index (χ3v) is 5.88. The van der Waals surface area contributed by atoms with E-state index in [4.69, 9.17) is 23.2 Å². The van der Waals surface area contributed by atoms with Gasteiger partial charge in [-0.15, -0.1) is 10.2 Å². The maximum absolute atomic E-state index is 12.4. The van der Waals surface area contributed by atoms with Gasteiger partial charge in [0.25, 0.3) is 0 Å². The van der Waals surface area contributed by atoms with E-state index in [1.165, 1.54) is 6.42 Å². The van der Waals surface area contributed by atoms with E-state index in [2.05, 4.69) is 20.1 Å². The van der Waals surface area contributed by atoms with Crippen LogP contribution in [0, 0.1) is 0 Å². The van der Waals surface area contributed by atoms with Gasteiger partial charge < -0.3 is 9.88 Å². The van der Waals surface area contributed by atoms with Crippen molar-refractivity contribution in [3.8, 4) is 11.4 Å². The Morgan fingerprint density at radius 1 is 1.03 bits per heavy atom. The molecule has 3 aromatic rings. The molecule has 0 bridgehead atoms. The van der Waals surface area contributed by atoms with Gasteiger partial charge in [0.15, 0.2) is 5.82 Å². The highest BCUT2D eigenvalue weighted by Gasteiger charge is 2.18. The molecule has 1 N–H and O–H groups in total. The van der Waals surface area contributed by atoms with Crippen molar-refractivity contribution in [2.24, 2.45) is 0 Å². The van der Waals surface area contributed by atoms with Gasteiger partial charge in [0.1, 0.15) is 5.82 Å². The maximum atomic E-state index is 12.4. The SMILES string of the molecule is O=C(CCc1ccccc1Cl)Nc1ccc(Cl)c(-c2nnc3n2CCCCC3)c1. The standard InChI is InChI=1S/C22H22Cl2N4O/c23-18-7-4-3-6-15(18)9-12-21(29)25-16-10-11-19(24)17(14-16)22-27-26-20-8-2-1-5-13-28(20)22/h3-4,6-7,10-11,14H,1-2,5,8-9,12-13H2,(H,25,29). The highest BCUT2D eigenvalue weighted by molar-refractivity contribution is 6.33. The predicted molar refractivity (Wildman–Crippen MR) is 116 cm³/mol. The van der Waals surface area contributed by atoms with E-state index in [1.54, 1.807) is 12.1 Å². The number of carbonyl (C=O) groups excluding carboxylic acids is 1. The number of benzene rings is 2. The second-order valence-corrected chi connectivity index (χ2v) is 8.05. The Morgan fingerprint density at radius 2 is 1.90 bits per heavy atom. The Morgan fingerprint density at radius 3 is 2.76 bits per heavy atom. The minimum atomic E-state index is -0.0711. The number of nitrogens with zero attached hydrogens (tertiary/aromatic N) is 3. The van der Waals surface area contributed by atoms with Crippen LogP contribution < -0.4 is 5.32 Å². The van der Waals surface area contributed by atoms with E-state index in [1.807, 2.05) is 30.3 Å². The largest absolute Gasteiger partial charge is 0.326 e. The third kappa shape index (κ3) is 4.62. The van der Waals surface area contributed by atoms with Crippen LogP contribution >= 0.6 is 23.2 Å². The minimum absolute atomic E-state index is 0.0711. The summed E-state index contributed by atoms with van der Waals surface area (Å²) in [5, 5.41) is 13.0. The van der Waals surface area contributed by atoms with Gasteiger partial charge in [0.05, 0.1) is 5.02 Å². The summed E-state index contributed by atoms with van der Waals surface area (Å²) in [6.07, 6.45) is 5.30. The van der Waals surface area contributed by atoms with Crippen LogP contribution in [0.1, 0.15) is 37.1 Å². The molecule has 29 heavy (non-hydrogen) atoms. The van der Waals surface area contributed by atoms with Crippen molar-refractivity contribution in [1.82, 2.24) is 14.8 Å². The molecule has 0 saturated carbocycles. The normalized spacial score (nSPS) is 13.6. The quantitative estimate of drug-likeness (QED) is 0.579. The zero-order valence-corrected chi connectivity index (χ0v) is 17.5. The summed E-state index contributed by atoms with van der Waals surface area (Å²) in [6, 6.07) is 13.0. The van der Waals surface area contributed by atoms with Crippen LogP contribution in [0.4, 0.5) is 5.69 Å². The summed E-state index contributed by atoms with van der Waals surface area (Å²) in [4.78, 5) is 12.4. The second-order valence-electron chi connectivity index (χ2n) is 7.24. The number of amides is 1. The summed E-state index contributed by atoms with van der Waals surface area (Å²) in [7, 11) is 0. The van der Waals surface area contributed by atoms with Crippen molar-refractivity contribution < 1.29 is 4.79 Å². The Kier molecular flexibility index (Phi) is 6.16. The number of fused-ring (bicyclic) bond motifs is 1. The first-order valence-electron chi connectivity index (χ1n) is 9.87. The molecule has 1 aliphatic rings. The molecule has 0 spiro atoms. The van der Waals surface area contributed by atoms with Gasteiger partial charge in [-0.1, -0.05) is 47.8 Å². The Bertz CT molecular complexity index is 1030. The van der Waals surface area contributed by atoms with Gasteiger partial charge in [-0.3, -0.25) is 4.79 Å². The van der Waals surface area contributed by atoms with Crippen LogP contribution in [0.5, 0.6) is 0 Å². The van der Waals surface area contributed by atoms with Gasteiger partial charge in [-0.25, -0.2) is 0 Å². The number of carbonyl (C=O) groups is 1. The van der Waals surface area contributed by atoms with E-state index in [9.17, 15) is 4.79 Å². The van der Waals surface area contributed by atoms with E-state index >= 15 is 0 Å². The lowest BCUT2D eigenvalue weighted by Gasteiger charge is -2.11. The molecule has 7 heteroatoms. The number of nitrogens with one attached hydrogen (secondary N) is 1. The first kappa shape index (κ1) is 19.9. The van der Waals surface area contributed by atoms with E-state index in [-0.39, 0.29) is 5.91 Å². The Labute approximate surface area is 180 Å². The van der Waals surface area contributed by atoms with Gasteiger partial charge in [0, 0.05) is 35.7 Å². The third-order valence-electron chi connectivity index (χ3n) is 5.18. The molecule has 0 atom stereocenters. The van der Waals surface area contributed by atoms with E-state index in [0.29, 0.717) is 28.6 Å². The average molecular weight is 429 g/mol. The van der Waals surface area contributed by atoms with Crippen LogP contribution in [0.15, 0.2) is 42.5 Å². The molecule has 0 unspecified atom stereocenters. The van der Waals surface area contributed by atoms with E-state index in [0.717, 1.165) is 48.6 Å². The summed E-state index contributed by atoms with van der Waals surface area (Å²) >= 11 is 12.6. The van der Waals surface area contributed by atoms with Crippen LogP contribution in [0.3, 0.4) is 0 Å². The second kappa shape index (κ2) is 8.97. The first-order valence-corrected chi connectivity index (χ1v) is 10.6. The molecule has 0 aliphatic carbocycles. The number of aryl methyl sites for hydroxylation is 2. The molecule has 1 amide bonds. The summed E-state index contributed by atoms with van der Waals surface area (Å²) < 4.78 is 2.15. The fourth-order valence-corrected chi connectivity index (χ4v) is 4.06. The van der Waals surface area contributed by atoms with Crippen molar-refractivity contribution in [3.63, 3.8) is 0 Å². The van der Waals surface area contributed by atoms with Gasteiger partial charge in [0.2, 0.25) is 5.91 Å². The molecule has 5 nitrogen and oxygen atoms in total. The zero-order valence-electron chi connectivity index (χ0n) is 16.0. The minimum Gasteiger partial charge on any atom is -0.326 e. The van der Waals surface area contributed by atoms with Crippen molar-refractivity contribution in [1.29, 1.82) is 0 Å². The van der Waals surface area contributed by atoms with Crippen LogP contribution in [0.2, 0.25) is 10.0 Å². The van der Waals surface area contributed by atoms with Crippen molar-refractivity contribution in [2.75, 3.05) is 5.32 Å². The maximum Gasteiger partial charge on any atom is 0.224 e. The smallest absolute Gasteiger partial charge is 0.224 e. The monoisotopic (exact) mass is 428 g/mol. The molecule has 0 radical (unpaired) electrons. The summed E-state index contributed by atoms with van der Waals surface area (Å²) in [5.74, 6) is 1.69. The Balaban J connectivity index is 1.49. The zero-order chi connectivity index (χ0) is 20.2. The molecule has 4 rings (SSSR count). The molecule has 150 valence electrons. The molecule has 2 heterocycles. The fourth-order valence-electron chi connectivity index (χ4n) is 3.63. The number of hydrogen-bond donors (Lipinski definition) is 1. The number of halogens is 2. The fraction of sp³-hybridized carbons (Fsp3) is 0.318. The molecule has 0 fully saturated rings. The first-order chi connectivity index (χ1) is 14.1. The number of rotatable bonds is 5. The summed E-state index contributed by atoms with van der Waals surface area (Å²) in [6.45, 7) is 0.891. The molecule has 0 saturated heterocycles.